The molecular formula is C25H18O3. The van der Waals surface area contributed by atoms with Crippen LogP contribution in [0.1, 0.15) is 0 Å². The first kappa shape index (κ1) is 17.6. The summed E-state index contributed by atoms with van der Waals surface area (Å²) < 4.78 is 11.2. The number of carbonyl (C=O) groups excluding carboxylic acids is 1. The molecule has 0 fully saturated rings. The van der Waals surface area contributed by atoms with Crippen LogP contribution in [0.25, 0.3) is 0 Å². The molecule has 0 atom stereocenters. The van der Waals surface area contributed by atoms with E-state index in [0.29, 0.717) is 11.5 Å². The van der Waals surface area contributed by atoms with E-state index in [9.17, 15) is 4.79 Å². The largest absolute Gasteiger partial charge is 0.519 e. The van der Waals surface area contributed by atoms with Gasteiger partial charge in [0.25, 0.3) is 0 Å². The zero-order valence-electron chi connectivity index (χ0n) is 15.1. The number of rotatable bonds is 2. The van der Waals surface area contributed by atoms with Crippen molar-refractivity contribution in [1.82, 2.24) is 0 Å². The quantitative estimate of drug-likeness (QED) is 0.562. The summed E-state index contributed by atoms with van der Waals surface area (Å²) in [6.45, 7) is 0. The molecule has 3 nitrogen and oxygen atoms in total. The van der Waals surface area contributed by atoms with Crippen LogP contribution in [0, 0.1) is 0 Å². The van der Waals surface area contributed by atoms with Crippen LogP contribution in [0.2, 0.25) is 0 Å². The first-order valence-corrected chi connectivity index (χ1v) is 9.00. The summed E-state index contributed by atoms with van der Waals surface area (Å²) in [5.74, 6) is 0.882. The minimum Gasteiger partial charge on any atom is -0.394 e. The maximum absolute atomic E-state index is 12.6. The van der Waals surface area contributed by atoms with E-state index in [-0.39, 0.29) is 0 Å². The average Bonchev–Trinajstić information content (AvgIpc) is 3.18. The molecule has 0 heterocycles. The predicted molar refractivity (Wildman–Crippen MR) is 111 cm³/mol. The van der Waals surface area contributed by atoms with Gasteiger partial charge in [0, 0.05) is 11.1 Å². The minimum absolute atomic E-state index is 0.441. The summed E-state index contributed by atoms with van der Waals surface area (Å²) in [5, 5.41) is 0. The number of hydrogen-bond acceptors (Lipinski definition) is 3. The van der Waals surface area contributed by atoms with Crippen molar-refractivity contribution < 1.29 is 14.3 Å². The molecule has 4 rings (SSSR count). The van der Waals surface area contributed by atoms with E-state index >= 15 is 0 Å². The first-order chi connectivity index (χ1) is 13.8. The Bertz CT molecular complexity index is 971. The summed E-state index contributed by atoms with van der Waals surface area (Å²) in [4.78, 5) is 12.6. The van der Waals surface area contributed by atoms with Gasteiger partial charge in [-0.15, -0.1) is 0 Å². The van der Waals surface area contributed by atoms with Gasteiger partial charge in [-0.05, 0) is 23.3 Å². The van der Waals surface area contributed by atoms with Gasteiger partial charge in [-0.3, -0.25) is 0 Å². The molecule has 28 heavy (non-hydrogen) atoms. The van der Waals surface area contributed by atoms with Crippen molar-refractivity contribution in [2.45, 2.75) is 0 Å². The minimum atomic E-state index is -0.780. The Labute approximate surface area is 164 Å². The number of fused-ring (bicyclic) bond motifs is 2. The van der Waals surface area contributed by atoms with Gasteiger partial charge < -0.3 is 9.47 Å². The van der Waals surface area contributed by atoms with Crippen molar-refractivity contribution in [2.24, 2.45) is 0 Å². The van der Waals surface area contributed by atoms with Crippen LogP contribution in [0.4, 0.5) is 4.79 Å². The molecule has 0 aliphatic heterocycles. The summed E-state index contributed by atoms with van der Waals surface area (Å²) in [7, 11) is 0. The van der Waals surface area contributed by atoms with Gasteiger partial charge in [-0.2, -0.15) is 0 Å². The molecule has 0 radical (unpaired) electrons. The highest BCUT2D eigenvalue weighted by molar-refractivity contribution is 5.68. The molecule has 0 saturated carbocycles. The molecular weight excluding hydrogens is 348 g/mol. The van der Waals surface area contributed by atoms with E-state index in [2.05, 4.69) is 0 Å². The highest BCUT2D eigenvalue weighted by Gasteiger charge is 2.18. The third-order valence-corrected chi connectivity index (χ3v) is 4.33. The highest BCUT2D eigenvalue weighted by atomic mass is 16.7. The lowest BCUT2D eigenvalue weighted by Crippen LogP contribution is -2.09. The van der Waals surface area contributed by atoms with Crippen molar-refractivity contribution >= 4 is 6.16 Å². The molecule has 0 amide bonds. The number of carbonyl (C=O) groups is 1. The molecule has 3 heteroatoms. The van der Waals surface area contributed by atoms with Crippen molar-refractivity contribution in [1.29, 1.82) is 0 Å². The number of allylic oxidation sites excluding steroid dienone is 22. The van der Waals surface area contributed by atoms with Gasteiger partial charge >= 0.3 is 6.16 Å². The summed E-state index contributed by atoms with van der Waals surface area (Å²) >= 11 is 0. The van der Waals surface area contributed by atoms with Gasteiger partial charge in [0.15, 0.2) is 0 Å². The van der Waals surface area contributed by atoms with Crippen molar-refractivity contribution in [3.63, 3.8) is 0 Å². The van der Waals surface area contributed by atoms with Gasteiger partial charge in [0.05, 0.1) is 0 Å². The van der Waals surface area contributed by atoms with E-state index < -0.39 is 6.16 Å². The molecule has 0 unspecified atom stereocenters. The summed E-state index contributed by atoms with van der Waals surface area (Å²) in [6, 6.07) is 0. The van der Waals surface area contributed by atoms with E-state index in [1.807, 2.05) is 97.2 Å². The second-order valence-corrected chi connectivity index (χ2v) is 6.18. The fraction of sp³-hybridized carbons (Fsp3) is 0. The molecule has 4 aliphatic carbocycles. The molecule has 0 N–H and O–H groups in total. The lowest BCUT2D eigenvalue weighted by molar-refractivity contribution is 0.107. The normalized spacial score (nSPS) is 19.3. The molecule has 0 bridgehead atoms. The summed E-state index contributed by atoms with van der Waals surface area (Å²) in [6.07, 6.45) is 33.5. The topological polar surface area (TPSA) is 35.5 Å². The van der Waals surface area contributed by atoms with Crippen molar-refractivity contribution in [3.8, 4) is 0 Å². The van der Waals surface area contributed by atoms with Gasteiger partial charge in [0.2, 0.25) is 0 Å². The smallest absolute Gasteiger partial charge is 0.394 e. The van der Waals surface area contributed by atoms with Crippen molar-refractivity contribution in [3.05, 3.63) is 143 Å². The Kier molecular flexibility index (Phi) is 5.16. The molecule has 0 aromatic carbocycles. The standard InChI is InChI=1S/C25H18O3/c26-25(27-23-17-9-7-13-19-11-3-1-5-15-21(19)23)28-24-18-10-8-14-20-12-4-2-6-16-22(20)24/h1-18H. The SMILES string of the molecule is O=C(OC1=C2C=CC=CC=C2C=CC=C1)OC1=C2C=CC=CC=C2C=CC=C1. The second-order valence-electron chi connectivity index (χ2n) is 6.18. The third kappa shape index (κ3) is 3.94. The van der Waals surface area contributed by atoms with E-state index in [1.54, 1.807) is 12.2 Å². The van der Waals surface area contributed by atoms with Crippen LogP contribution >= 0.6 is 0 Å². The zero-order valence-corrected chi connectivity index (χ0v) is 15.1. The monoisotopic (exact) mass is 366 g/mol. The molecule has 0 aromatic heterocycles. The van der Waals surface area contributed by atoms with Crippen LogP contribution in [-0.4, -0.2) is 6.16 Å². The Balaban J connectivity index is 1.61. The van der Waals surface area contributed by atoms with Gasteiger partial charge in [0.1, 0.15) is 11.5 Å². The highest BCUT2D eigenvalue weighted by Crippen LogP contribution is 2.27. The third-order valence-electron chi connectivity index (χ3n) is 4.33. The van der Waals surface area contributed by atoms with E-state index in [0.717, 1.165) is 22.3 Å². The molecule has 0 saturated heterocycles. The van der Waals surface area contributed by atoms with Gasteiger partial charge in [-0.25, -0.2) is 4.79 Å². The molecule has 4 aliphatic rings. The lowest BCUT2D eigenvalue weighted by Gasteiger charge is -2.12. The van der Waals surface area contributed by atoms with Crippen LogP contribution in [-0.2, 0) is 9.47 Å². The second kappa shape index (κ2) is 8.23. The molecule has 136 valence electrons. The predicted octanol–water partition coefficient (Wildman–Crippen LogP) is 6.00. The molecule has 0 spiro atoms. The van der Waals surface area contributed by atoms with E-state index in [4.69, 9.17) is 9.47 Å². The number of hydrogen-bond donors (Lipinski definition) is 0. The fourth-order valence-corrected chi connectivity index (χ4v) is 3.02. The van der Waals surface area contributed by atoms with Gasteiger partial charge in [-0.1, -0.05) is 97.2 Å². The fourth-order valence-electron chi connectivity index (χ4n) is 3.02. The van der Waals surface area contributed by atoms with Crippen molar-refractivity contribution in [2.75, 3.05) is 0 Å². The van der Waals surface area contributed by atoms with Crippen LogP contribution in [0.15, 0.2) is 143 Å². The molecule has 0 aromatic rings. The first-order valence-electron chi connectivity index (χ1n) is 9.00. The maximum Gasteiger partial charge on any atom is 0.519 e. The lowest BCUT2D eigenvalue weighted by atomic mass is 10.1. The Hall–Kier alpha value is -3.85. The summed E-state index contributed by atoms with van der Waals surface area (Å²) in [5.41, 5.74) is 3.56. The van der Waals surface area contributed by atoms with E-state index in [1.165, 1.54) is 0 Å². The number of ether oxygens (including phenoxy) is 2. The average molecular weight is 366 g/mol. The maximum atomic E-state index is 12.6. The van der Waals surface area contributed by atoms with Crippen LogP contribution in [0.5, 0.6) is 0 Å². The van der Waals surface area contributed by atoms with Crippen LogP contribution in [0.3, 0.4) is 0 Å². The Morgan fingerprint density at radius 2 is 0.929 bits per heavy atom. The zero-order chi connectivity index (χ0) is 19.2. The van der Waals surface area contributed by atoms with Crippen LogP contribution < -0.4 is 0 Å². The Morgan fingerprint density at radius 3 is 1.43 bits per heavy atom. The Morgan fingerprint density at radius 1 is 0.500 bits per heavy atom.